The number of halogens is 1. The largest absolute Gasteiger partial charge is 0.292 e. The van der Waals surface area contributed by atoms with Gasteiger partial charge in [0.2, 0.25) is 0 Å². The summed E-state index contributed by atoms with van der Waals surface area (Å²) in [4.78, 5) is 6.73. The van der Waals surface area contributed by atoms with Crippen molar-refractivity contribution in [2.24, 2.45) is 7.05 Å². The third-order valence-corrected chi connectivity index (χ3v) is 4.23. The molecule has 2 aromatic rings. The lowest BCUT2D eigenvalue weighted by Crippen LogP contribution is -2.24. The van der Waals surface area contributed by atoms with E-state index in [9.17, 15) is 0 Å². The molecule has 0 atom stereocenters. The smallest absolute Gasteiger partial charge is 0.0739 e. The molecule has 5 heteroatoms. The molecule has 0 fully saturated rings. The van der Waals surface area contributed by atoms with E-state index in [1.165, 1.54) is 5.69 Å². The van der Waals surface area contributed by atoms with Crippen LogP contribution in [0.5, 0.6) is 0 Å². The highest BCUT2D eigenvalue weighted by Gasteiger charge is 2.14. The van der Waals surface area contributed by atoms with Crippen molar-refractivity contribution in [3.63, 3.8) is 0 Å². The first-order chi connectivity index (χ1) is 9.11. The molecule has 0 saturated heterocycles. The van der Waals surface area contributed by atoms with Crippen LogP contribution in [0.1, 0.15) is 24.0 Å². The molecule has 0 N–H and O–H groups in total. The van der Waals surface area contributed by atoms with Crippen LogP contribution in [0, 0.1) is 6.92 Å². The molecule has 0 aliphatic heterocycles. The Balaban J connectivity index is 2.11. The molecule has 4 nitrogen and oxygen atoms in total. The number of aryl methyl sites for hydroxylation is 2. The summed E-state index contributed by atoms with van der Waals surface area (Å²) in [5, 5.41) is 4.43. The van der Waals surface area contributed by atoms with E-state index in [-0.39, 0.29) is 0 Å². The summed E-state index contributed by atoms with van der Waals surface area (Å²) in [5.41, 5.74) is 3.33. The number of rotatable bonds is 5. The lowest BCUT2D eigenvalue weighted by Gasteiger charge is -2.20. The molecule has 0 spiro atoms. The minimum atomic E-state index is 0.855. The van der Waals surface area contributed by atoms with E-state index in [0.29, 0.717) is 0 Å². The SMILES string of the molecule is CCN(Cc1ccccn1)Cc1c(Br)c(C)nn1C. The van der Waals surface area contributed by atoms with Crippen LogP contribution < -0.4 is 0 Å². The fraction of sp³-hybridized carbons (Fsp3) is 0.429. The van der Waals surface area contributed by atoms with E-state index in [1.807, 2.05) is 37.0 Å². The standard InChI is InChI=1S/C14H19BrN4/c1-4-19(9-12-7-5-6-8-16-12)10-13-14(15)11(2)17-18(13)3/h5-8H,4,9-10H2,1-3H3. The summed E-state index contributed by atoms with van der Waals surface area (Å²) in [6, 6.07) is 6.04. The monoisotopic (exact) mass is 322 g/mol. The van der Waals surface area contributed by atoms with Gasteiger partial charge in [-0.3, -0.25) is 14.6 Å². The third-order valence-electron chi connectivity index (χ3n) is 3.19. The normalized spacial score (nSPS) is 11.2. The minimum absolute atomic E-state index is 0.855. The fourth-order valence-electron chi connectivity index (χ4n) is 2.06. The summed E-state index contributed by atoms with van der Waals surface area (Å²) < 4.78 is 3.05. The first-order valence-corrected chi connectivity index (χ1v) is 7.21. The molecule has 0 saturated carbocycles. The number of pyridine rings is 1. The number of hydrogen-bond acceptors (Lipinski definition) is 3. The van der Waals surface area contributed by atoms with E-state index in [0.717, 1.165) is 35.5 Å². The van der Waals surface area contributed by atoms with Crippen LogP contribution in [0.25, 0.3) is 0 Å². The van der Waals surface area contributed by atoms with Crippen LogP contribution in [0.2, 0.25) is 0 Å². The Morgan fingerprint density at radius 3 is 2.63 bits per heavy atom. The lowest BCUT2D eigenvalue weighted by atomic mass is 10.3. The van der Waals surface area contributed by atoms with Gasteiger partial charge in [0.05, 0.1) is 21.6 Å². The van der Waals surface area contributed by atoms with Crippen molar-refractivity contribution in [3.05, 3.63) is 46.0 Å². The quantitative estimate of drug-likeness (QED) is 0.848. The van der Waals surface area contributed by atoms with Crippen molar-refractivity contribution < 1.29 is 0 Å². The Labute approximate surface area is 122 Å². The topological polar surface area (TPSA) is 34.0 Å². The zero-order valence-electron chi connectivity index (χ0n) is 11.6. The van der Waals surface area contributed by atoms with Gasteiger partial charge in [0.15, 0.2) is 0 Å². The maximum atomic E-state index is 4.43. The zero-order valence-corrected chi connectivity index (χ0v) is 13.2. The summed E-state index contributed by atoms with van der Waals surface area (Å²) >= 11 is 3.62. The lowest BCUT2D eigenvalue weighted by molar-refractivity contribution is 0.260. The van der Waals surface area contributed by atoms with Crippen LogP contribution in [0.15, 0.2) is 28.9 Å². The molecule has 0 aliphatic carbocycles. The zero-order chi connectivity index (χ0) is 13.8. The second-order valence-corrected chi connectivity index (χ2v) is 5.39. The fourth-order valence-corrected chi connectivity index (χ4v) is 2.53. The highest BCUT2D eigenvalue weighted by atomic mass is 79.9. The molecule has 102 valence electrons. The number of aromatic nitrogens is 3. The predicted molar refractivity (Wildman–Crippen MR) is 79.7 cm³/mol. The second-order valence-electron chi connectivity index (χ2n) is 4.59. The van der Waals surface area contributed by atoms with Crippen molar-refractivity contribution in [2.45, 2.75) is 26.9 Å². The summed E-state index contributed by atoms with van der Waals surface area (Å²) in [5.74, 6) is 0. The maximum Gasteiger partial charge on any atom is 0.0739 e. The number of nitrogens with zero attached hydrogens (tertiary/aromatic N) is 4. The number of hydrogen-bond donors (Lipinski definition) is 0. The summed E-state index contributed by atoms with van der Waals surface area (Å²) in [6.45, 7) is 6.88. The van der Waals surface area contributed by atoms with Gasteiger partial charge in [-0.1, -0.05) is 13.0 Å². The van der Waals surface area contributed by atoms with E-state index >= 15 is 0 Å². The van der Waals surface area contributed by atoms with Crippen molar-refractivity contribution >= 4 is 15.9 Å². The van der Waals surface area contributed by atoms with Crippen LogP contribution in [-0.2, 0) is 20.1 Å². The highest BCUT2D eigenvalue weighted by molar-refractivity contribution is 9.10. The van der Waals surface area contributed by atoms with Gasteiger partial charge < -0.3 is 0 Å². The van der Waals surface area contributed by atoms with E-state index < -0.39 is 0 Å². The molecule has 2 aromatic heterocycles. The highest BCUT2D eigenvalue weighted by Crippen LogP contribution is 2.22. The van der Waals surface area contributed by atoms with Gasteiger partial charge in [-0.2, -0.15) is 5.10 Å². The van der Waals surface area contributed by atoms with Crippen LogP contribution >= 0.6 is 15.9 Å². The van der Waals surface area contributed by atoms with Gasteiger partial charge >= 0.3 is 0 Å². The maximum absolute atomic E-state index is 4.43. The molecule has 19 heavy (non-hydrogen) atoms. The average molecular weight is 323 g/mol. The molecule has 2 rings (SSSR count). The molecule has 0 aliphatic rings. The van der Waals surface area contributed by atoms with Crippen LogP contribution in [-0.4, -0.2) is 26.2 Å². The second kappa shape index (κ2) is 6.30. The molecule has 0 radical (unpaired) electrons. The molecular weight excluding hydrogens is 304 g/mol. The Bertz CT molecular complexity index is 536. The van der Waals surface area contributed by atoms with Crippen molar-refractivity contribution in [3.8, 4) is 0 Å². The summed E-state index contributed by atoms with van der Waals surface area (Å²) in [6.07, 6.45) is 1.84. The first kappa shape index (κ1) is 14.2. The van der Waals surface area contributed by atoms with Gasteiger partial charge in [0, 0.05) is 26.3 Å². The Morgan fingerprint density at radius 2 is 2.11 bits per heavy atom. The van der Waals surface area contributed by atoms with Gasteiger partial charge in [-0.05, 0) is 41.5 Å². The molecule has 0 bridgehead atoms. The Kier molecular flexibility index (Phi) is 4.71. The van der Waals surface area contributed by atoms with Crippen molar-refractivity contribution in [2.75, 3.05) is 6.54 Å². The summed E-state index contributed by atoms with van der Waals surface area (Å²) in [7, 11) is 1.99. The average Bonchev–Trinajstić information content (AvgIpc) is 2.65. The van der Waals surface area contributed by atoms with E-state index in [2.05, 4.69) is 43.9 Å². The van der Waals surface area contributed by atoms with Crippen molar-refractivity contribution in [1.29, 1.82) is 0 Å². The molecule has 2 heterocycles. The van der Waals surface area contributed by atoms with E-state index in [1.54, 1.807) is 0 Å². The molecule has 0 amide bonds. The van der Waals surface area contributed by atoms with Gasteiger partial charge in [0.1, 0.15) is 0 Å². The molecular formula is C14H19BrN4. The first-order valence-electron chi connectivity index (χ1n) is 6.42. The van der Waals surface area contributed by atoms with Gasteiger partial charge in [-0.25, -0.2) is 0 Å². The third kappa shape index (κ3) is 3.42. The van der Waals surface area contributed by atoms with Crippen LogP contribution in [0.4, 0.5) is 0 Å². The minimum Gasteiger partial charge on any atom is -0.292 e. The Hall–Kier alpha value is -1.20. The molecule has 0 unspecified atom stereocenters. The van der Waals surface area contributed by atoms with Gasteiger partial charge in [-0.15, -0.1) is 0 Å². The Morgan fingerprint density at radius 1 is 1.32 bits per heavy atom. The predicted octanol–water partition coefficient (Wildman–Crippen LogP) is 2.91. The van der Waals surface area contributed by atoms with Gasteiger partial charge in [0.25, 0.3) is 0 Å². The van der Waals surface area contributed by atoms with Crippen LogP contribution in [0.3, 0.4) is 0 Å². The van der Waals surface area contributed by atoms with E-state index in [4.69, 9.17) is 0 Å². The molecule has 0 aromatic carbocycles. The van der Waals surface area contributed by atoms with Crippen molar-refractivity contribution in [1.82, 2.24) is 19.7 Å².